The molecule has 5 heteroatoms. The van der Waals surface area contributed by atoms with Gasteiger partial charge in [0.15, 0.2) is 0 Å². The van der Waals surface area contributed by atoms with Gasteiger partial charge < -0.3 is 10.2 Å². The molecule has 2 aromatic rings. The maximum absolute atomic E-state index is 12.6. The van der Waals surface area contributed by atoms with Crippen LogP contribution in [0.25, 0.3) is 0 Å². The highest BCUT2D eigenvalue weighted by Crippen LogP contribution is 2.30. The maximum Gasteiger partial charge on any atom is 0.227 e. The Morgan fingerprint density at radius 3 is 2.75 bits per heavy atom. The third kappa shape index (κ3) is 3.18. The number of benzene rings is 1. The van der Waals surface area contributed by atoms with Crippen LogP contribution in [0.2, 0.25) is 0 Å². The predicted molar refractivity (Wildman–Crippen MR) is 98.9 cm³/mol. The van der Waals surface area contributed by atoms with E-state index in [0.717, 1.165) is 43.0 Å². The van der Waals surface area contributed by atoms with Crippen molar-refractivity contribution in [2.45, 2.75) is 39.0 Å². The van der Waals surface area contributed by atoms with Crippen molar-refractivity contribution in [3.8, 4) is 0 Å². The molecule has 1 fully saturated rings. The normalized spacial score (nSPS) is 20.0. The summed E-state index contributed by atoms with van der Waals surface area (Å²) in [5, 5.41) is 4.20. The minimum absolute atomic E-state index is 0.0654. The zero-order valence-electron chi connectivity index (χ0n) is 14.0. The van der Waals surface area contributed by atoms with Gasteiger partial charge in [-0.2, -0.15) is 0 Å². The van der Waals surface area contributed by atoms with E-state index in [9.17, 15) is 4.79 Å². The van der Waals surface area contributed by atoms with E-state index >= 15 is 0 Å². The van der Waals surface area contributed by atoms with Gasteiger partial charge in [0.05, 0.1) is 10.7 Å². The highest BCUT2D eigenvalue weighted by molar-refractivity contribution is 7.11. The van der Waals surface area contributed by atoms with E-state index in [2.05, 4.69) is 27.3 Å². The zero-order chi connectivity index (χ0) is 16.5. The molecule has 4 nitrogen and oxygen atoms in total. The lowest BCUT2D eigenvalue weighted by molar-refractivity contribution is -0.120. The summed E-state index contributed by atoms with van der Waals surface area (Å²) in [5.74, 6) is 0.205. The van der Waals surface area contributed by atoms with Gasteiger partial charge >= 0.3 is 0 Å². The largest absolute Gasteiger partial charge is 0.372 e. The molecule has 1 aliphatic carbocycles. The minimum Gasteiger partial charge on any atom is -0.372 e. The lowest BCUT2D eigenvalue weighted by Crippen LogP contribution is -2.27. The van der Waals surface area contributed by atoms with E-state index in [1.807, 2.05) is 19.1 Å². The van der Waals surface area contributed by atoms with Crippen molar-refractivity contribution in [3.05, 3.63) is 39.8 Å². The van der Waals surface area contributed by atoms with Gasteiger partial charge in [0.1, 0.15) is 0 Å². The SMILES string of the molecule is Cc1nc2c(s1)CC(C(=O)Nc1ccc(N3CCCC3)cc1)CC2. The highest BCUT2D eigenvalue weighted by Gasteiger charge is 2.27. The van der Waals surface area contributed by atoms with Crippen LogP contribution in [-0.4, -0.2) is 24.0 Å². The molecular formula is C19H23N3OS. The Hall–Kier alpha value is -1.88. The summed E-state index contributed by atoms with van der Waals surface area (Å²) in [7, 11) is 0. The summed E-state index contributed by atoms with van der Waals surface area (Å²) >= 11 is 1.74. The lowest BCUT2D eigenvalue weighted by Gasteiger charge is -2.21. The molecule has 4 rings (SSSR count). The van der Waals surface area contributed by atoms with Gasteiger partial charge in [-0.25, -0.2) is 4.98 Å². The Labute approximate surface area is 146 Å². The number of carbonyl (C=O) groups excluding carboxylic acids is 1. The van der Waals surface area contributed by atoms with Gasteiger partial charge in [0, 0.05) is 35.3 Å². The molecule has 1 atom stereocenters. The van der Waals surface area contributed by atoms with Crippen LogP contribution in [0, 0.1) is 12.8 Å². The first-order valence-corrected chi connectivity index (χ1v) is 9.62. The van der Waals surface area contributed by atoms with E-state index in [1.54, 1.807) is 11.3 Å². The number of hydrogen-bond donors (Lipinski definition) is 1. The average molecular weight is 341 g/mol. The maximum atomic E-state index is 12.6. The molecule has 0 radical (unpaired) electrons. The lowest BCUT2D eigenvalue weighted by atomic mass is 9.90. The first kappa shape index (κ1) is 15.6. The van der Waals surface area contributed by atoms with E-state index in [0.29, 0.717) is 0 Å². The number of aromatic nitrogens is 1. The van der Waals surface area contributed by atoms with Gasteiger partial charge in [-0.05, 0) is 63.3 Å². The number of nitrogens with one attached hydrogen (secondary N) is 1. The van der Waals surface area contributed by atoms with Gasteiger partial charge in [-0.1, -0.05) is 0 Å². The number of nitrogens with zero attached hydrogens (tertiary/aromatic N) is 2. The number of anilines is 2. The number of amides is 1. The predicted octanol–water partition coefficient (Wildman–Crippen LogP) is 3.80. The molecule has 0 spiro atoms. The number of rotatable bonds is 3. The molecule has 1 aromatic heterocycles. The first-order valence-electron chi connectivity index (χ1n) is 8.80. The smallest absolute Gasteiger partial charge is 0.227 e. The van der Waals surface area contributed by atoms with Crippen LogP contribution in [0.1, 0.15) is 34.8 Å². The van der Waals surface area contributed by atoms with Gasteiger partial charge in [-0.3, -0.25) is 4.79 Å². The molecule has 1 aromatic carbocycles. The molecule has 126 valence electrons. The second-order valence-corrected chi connectivity index (χ2v) is 8.06. The topological polar surface area (TPSA) is 45.2 Å². The number of fused-ring (bicyclic) bond motifs is 1. The monoisotopic (exact) mass is 341 g/mol. The summed E-state index contributed by atoms with van der Waals surface area (Å²) < 4.78 is 0. The van der Waals surface area contributed by atoms with Gasteiger partial charge in [0.2, 0.25) is 5.91 Å². The summed E-state index contributed by atoms with van der Waals surface area (Å²) in [4.78, 5) is 20.8. The van der Waals surface area contributed by atoms with Crippen molar-refractivity contribution in [2.75, 3.05) is 23.3 Å². The summed E-state index contributed by atoms with van der Waals surface area (Å²) in [6, 6.07) is 8.28. The van der Waals surface area contributed by atoms with Crippen LogP contribution in [0.5, 0.6) is 0 Å². The number of thiazole rings is 1. The van der Waals surface area contributed by atoms with E-state index in [1.165, 1.54) is 29.1 Å². The Bertz CT molecular complexity index is 732. The third-order valence-electron chi connectivity index (χ3n) is 5.02. The van der Waals surface area contributed by atoms with Crippen LogP contribution in [-0.2, 0) is 17.6 Å². The molecular weight excluding hydrogens is 318 g/mol. The van der Waals surface area contributed by atoms with Gasteiger partial charge in [-0.15, -0.1) is 11.3 Å². The number of hydrogen-bond acceptors (Lipinski definition) is 4. The zero-order valence-corrected chi connectivity index (χ0v) is 14.9. The second kappa shape index (κ2) is 6.55. The van der Waals surface area contributed by atoms with Crippen LogP contribution < -0.4 is 10.2 Å². The molecule has 1 unspecified atom stereocenters. The minimum atomic E-state index is 0.0654. The van der Waals surface area contributed by atoms with Crippen LogP contribution in [0.4, 0.5) is 11.4 Å². The Balaban J connectivity index is 1.39. The number of carbonyl (C=O) groups is 1. The summed E-state index contributed by atoms with van der Waals surface area (Å²) in [5.41, 5.74) is 3.36. The van der Waals surface area contributed by atoms with Crippen molar-refractivity contribution >= 4 is 28.6 Å². The summed E-state index contributed by atoms with van der Waals surface area (Å²) in [6.45, 7) is 4.33. The van der Waals surface area contributed by atoms with E-state index in [4.69, 9.17) is 0 Å². The second-order valence-electron chi connectivity index (χ2n) is 6.77. The summed E-state index contributed by atoms with van der Waals surface area (Å²) in [6.07, 6.45) is 5.20. The molecule has 1 amide bonds. The van der Waals surface area contributed by atoms with Gasteiger partial charge in [0.25, 0.3) is 0 Å². The standard InChI is InChI=1S/C19H23N3OS/c1-13-20-17-9-4-14(12-18(17)24-13)19(23)21-15-5-7-16(8-6-15)22-10-2-3-11-22/h5-8,14H,2-4,9-12H2,1H3,(H,21,23). The third-order valence-corrected chi connectivity index (χ3v) is 6.06. The first-order chi connectivity index (χ1) is 11.7. The van der Waals surface area contributed by atoms with Crippen molar-refractivity contribution in [1.82, 2.24) is 4.98 Å². The van der Waals surface area contributed by atoms with E-state index < -0.39 is 0 Å². The molecule has 1 saturated heterocycles. The van der Waals surface area contributed by atoms with Crippen LogP contribution in [0.3, 0.4) is 0 Å². The Morgan fingerprint density at radius 1 is 1.25 bits per heavy atom. The fraction of sp³-hybridized carbons (Fsp3) is 0.474. The molecule has 0 saturated carbocycles. The molecule has 1 N–H and O–H groups in total. The molecule has 0 bridgehead atoms. The average Bonchev–Trinajstić information content (AvgIpc) is 3.23. The molecule has 24 heavy (non-hydrogen) atoms. The van der Waals surface area contributed by atoms with Crippen LogP contribution >= 0.6 is 11.3 Å². The molecule has 2 aliphatic rings. The fourth-order valence-electron chi connectivity index (χ4n) is 3.70. The fourth-order valence-corrected chi connectivity index (χ4v) is 4.77. The molecule has 2 heterocycles. The van der Waals surface area contributed by atoms with Crippen molar-refractivity contribution in [3.63, 3.8) is 0 Å². The Kier molecular flexibility index (Phi) is 4.27. The highest BCUT2D eigenvalue weighted by atomic mass is 32.1. The Morgan fingerprint density at radius 2 is 2.00 bits per heavy atom. The van der Waals surface area contributed by atoms with E-state index in [-0.39, 0.29) is 11.8 Å². The number of aryl methyl sites for hydroxylation is 2. The van der Waals surface area contributed by atoms with Crippen LogP contribution in [0.15, 0.2) is 24.3 Å². The quantitative estimate of drug-likeness (QED) is 0.924. The van der Waals surface area contributed by atoms with Crippen molar-refractivity contribution in [1.29, 1.82) is 0 Å². The van der Waals surface area contributed by atoms with Crippen molar-refractivity contribution in [2.24, 2.45) is 5.92 Å². The molecule has 1 aliphatic heterocycles. The van der Waals surface area contributed by atoms with Crippen molar-refractivity contribution < 1.29 is 4.79 Å².